The second-order valence-corrected chi connectivity index (χ2v) is 4.92. The van der Waals surface area contributed by atoms with Crippen molar-refractivity contribution in [2.75, 3.05) is 32.8 Å². The van der Waals surface area contributed by atoms with Gasteiger partial charge in [0.25, 0.3) is 0 Å². The molecule has 0 unspecified atom stereocenters. The largest absolute Gasteiger partial charge is 0.379 e. The number of hydrogen-bond donors (Lipinski definition) is 1. The summed E-state index contributed by atoms with van der Waals surface area (Å²) in [7, 11) is 0. The summed E-state index contributed by atoms with van der Waals surface area (Å²) in [5, 5.41) is 0. The van der Waals surface area contributed by atoms with Crippen molar-refractivity contribution in [2.45, 2.75) is 44.1 Å². The van der Waals surface area contributed by atoms with E-state index < -0.39 is 0 Å². The lowest BCUT2D eigenvalue weighted by Gasteiger charge is -2.48. The van der Waals surface area contributed by atoms with E-state index in [1.54, 1.807) is 0 Å². The number of nitrogens with two attached hydrogens (primary N) is 1. The predicted molar refractivity (Wildman–Crippen MR) is 61.9 cm³/mol. The minimum Gasteiger partial charge on any atom is -0.379 e. The minimum atomic E-state index is 0.427. The van der Waals surface area contributed by atoms with Crippen molar-refractivity contribution in [3.8, 4) is 0 Å². The Labute approximate surface area is 93.0 Å². The second kappa shape index (κ2) is 5.28. The number of rotatable bonds is 3. The first-order chi connectivity index (χ1) is 7.37. The standard InChI is InChI=1S/C12H24N2O/c13-7-6-12(4-2-1-3-5-12)14-8-10-15-11-9-14/h1-11,13H2. The Hall–Kier alpha value is -0.120. The molecule has 2 aliphatic rings. The van der Waals surface area contributed by atoms with Gasteiger partial charge in [0, 0.05) is 18.6 Å². The van der Waals surface area contributed by atoms with Gasteiger partial charge >= 0.3 is 0 Å². The molecular formula is C12H24N2O. The fourth-order valence-corrected chi connectivity index (χ4v) is 3.24. The molecule has 0 amide bonds. The number of morpholine rings is 1. The fourth-order valence-electron chi connectivity index (χ4n) is 3.24. The monoisotopic (exact) mass is 212 g/mol. The van der Waals surface area contributed by atoms with Crippen molar-refractivity contribution in [1.82, 2.24) is 4.90 Å². The zero-order chi connectivity index (χ0) is 10.6. The summed E-state index contributed by atoms with van der Waals surface area (Å²) in [6, 6.07) is 0. The van der Waals surface area contributed by atoms with E-state index in [9.17, 15) is 0 Å². The lowest BCUT2D eigenvalue weighted by atomic mass is 9.77. The van der Waals surface area contributed by atoms with E-state index in [0.717, 1.165) is 32.8 Å². The van der Waals surface area contributed by atoms with Gasteiger partial charge in [-0.05, 0) is 25.8 Å². The van der Waals surface area contributed by atoms with Crippen LogP contribution < -0.4 is 5.73 Å². The predicted octanol–water partition coefficient (Wildman–Crippen LogP) is 1.37. The van der Waals surface area contributed by atoms with Crippen LogP contribution in [-0.4, -0.2) is 43.3 Å². The van der Waals surface area contributed by atoms with Crippen molar-refractivity contribution >= 4 is 0 Å². The molecule has 88 valence electrons. The molecule has 2 fully saturated rings. The first-order valence-corrected chi connectivity index (χ1v) is 6.40. The van der Waals surface area contributed by atoms with E-state index in [0.29, 0.717) is 5.54 Å². The lowest BCUT2D eigenvalue weighted by molar-refractivity contribution is -0.0400. The van der Waals surface area contributed by atoms with Crippen molar-refractivity contribution in [3.05, 3.63) is 0 Å². The Balaban J connectivity index is 2.01. The maximum Gasteiger partial charge on any atom is 0.0594 e. The fraction of sp³-hybridized carbons (Fsp3) is 1.00. The molecule has 1 aliphatic carbocycles. The second-order valence-electron chi connectivity index (χ2n) is 4.92. The highest BCUT2D eigenvalue weighted by Gasteiger charge is 2.37. The van der Waals surface area contributed by atoms with Gasteiger partial charge in [-0.3, -0.25) is 4.90 Å². The van der Waals surface area contributed by atoms with E-state index in [1.807, 2.05) is 0 Å². The molecule has 0 aromatic heterocycles. The Morgan fingerprint density at radius 1 is 1.07 bits per heavy atom. The van der Waals surface area contributed by atoms with Gasteiger partial charge in [-0.15, -0.1) is 0 Å². The number of hydrogen-bond acceptors (Lipinski definition) is 3. The highest BCUT2D eigenvalue weighted by molar-refractivity contribution is 4.94. The van der Waals surface area contributed by atoms with Gasteiger partial charge in [-0.1, -0.05) is 19.3 Å². The topological polar surface area (TPSA) is 38.5 Å². The van der Waals surface area contributed by atoms with Crippen LogP contribution in [0.5, 0.6) is 0 Å². The molecule has 0 spiro atoms. The minimum absolute atomic E-state index is 0.427. The van der Waals surface area contributed by atoms with Gasteiger partial charge in [0.1, 0.15) is 0 Å². The van der Waals surface area contributed by atoms with Crippen molar-refractivity contribution in [1.29, 1.82) is 0 Å². The van der Waals surface area contributed by atoms with Crippen LogP contribution in [0.3, 0.4) is 0 Å². The zero-order valence-corrected chi connectivity index (χ0v) is 9.71. The average molecular weight is 212 g/mol. The molecule has 3 nitrogen and oxygen atoms in total. The van der Waals surface area contributed by atoms with Gasteiger partial charge in [-0.25, -0.2) is 0 Å². The van der Waals surface area contributed by atoms with Crippen molar-refractivity contribution in [3.63, 3.8) is 0 Å². The van der Waals surface area contributed by atoms with E-state index in [2.05, 4.69) is 4.90 Å². The summed E-state index contributed by atoms with van der Waals surface area (Å²) in [5.41, 5.74) is 6.22. The molecule has 0 bridgehead atoms. The molecule has 0 aromatic carbocycles. The summed E-state index contributed by atoms with van der Waals surface area (Å²) >= 11 is 0. The summed E-state index contributed by atoms with van der Waals surface area (Å²) in [6.07, 6.45) is 8.06. The molecule has 1 aliphatic heterocycles. The summed E-state index contributed by atoms with van der Waals surface area (Å²) < 4.78 is 5.44. The molecule has 0 atom stereocenters. The molecule has 2 rings (SSSR count). The van der Waals surface area contributed by atoms with Crippen LogP contribution in [0.4, 0.5) is 0 Å². The van der Waals surface area contributed by atoms with Gasteiger partial charge in [0.15, 0.2) is 0 Å². The van der Waals surface area contributed by atoms with E-state index >= 15 is 0 Å². The molecule has 2 N–H and O–H groups in total. The van der Waals surface area contributed by atoms with Crippen LogP contribution in [0.25, 0.3) is 0 Å². The van der Waals surface area contributed by atoms with Crippen LogP contribution in [0.2, 0.25) is 0 Å². The third kappa shape index (κ3) is 2.52. The van der Waals surface area contributed by atoms with Crippen LogP contribution in [0.1, 0.15) is 38.5 Å². The van der Waals surface area contributed by atoms with Crippen molar-refractivity contribution < 1.29 is 4.74 Å². The van der Waals surface area contributed by atoms with Crippen LogP contribution >= 0.6 is 0 Å². The molecule has 1 saturated carbocycles. The summed E-state index contributed by atoms with van der Waals surface area (Å²) in [6.45, 7) is 4.87. The Morgan fingerprint density at radius 3 is 2.33 bits per heavy atom. The average Bonchev–Trinajstić information content (AvgIpc) is 2.32. The lowest BCUT2D eigenvalue weighted by Crippen LogP contribution is -2.55. The Kier molecular flexibility index (Phi) is 4.00. The Bertz CT molecular complexity index is 179. The zero-order valence-electron chi connectivity index (χ0n) is 9.71. The first-order valence-electron chi connectivity index (χ1n) is 6.40. The molecule has 1 saturated heterocycles. The molecule has 1 heterocycles. The van der Waals surface area contributed by atoms with Gasteiger partial charge in [-0.2, -0.15) is 0 Å². The molecule has 15 heavy (non-hydrogen) atoms. The maximum atomic E-state index is 5.79. The highest BCUT2D eigenvalue weighted by atomic mass is 16.5. The Morgan fingerprint density at radius 2 is 1.73 bits per heavy atom. The smallest absolute Gasteiger partial charge is 0.0594 e. The van der Waals surface area contributed by atoms with Crippen LogP contribution in [0.15, 0.2) is 0 Å². The third-order valence-corrected chi connectivity index (χ3v) is 4.08. The van der Waals surface area contributed by atoms with Gasteiger partial charge < -0.3 is 10.5 Å². The van der Waals surface area contributed by atoms with E-state index in [4.69, 9.17) is 10.5 Å². The van der Waals surface area contributed by atoms with Crippen molar-refractivity contribution in [2.24, 2.45) is 5.73 Å². The quantitative estimate of drug-likeness (QED) is 0.768. The summed E-state index contributed by atoms with van der Waals surface area (Å²) in [4.78, 5) is 2.66. The molecule has 0 aromatic rings. The summed E-state index contributed by atoms with van der Waals surface area (Å²) in [5.74, 6) is 0. The SMILES string of the molecule is NCCC1(N2CCOCC2)CCCCC1. The third-order valence-electron chi connectivity index (χ3n) is 4.08. The highest BCUT2D eigenvalue weighted by Crippen LogP contribution is 2.36. The molecule has 0 radical (unpaired) electrons. The number of nitrogens with zero attached hydrogens (tertiary/aromatic N) is 1. The van der Waals surface area contributed by atoms with E-state index in [-0.39, 0.29) is 0 Å². The van der Waals surface area contributed by atoms with Gasteiger partial charge in [0.05, 0.1) is 13.2 Å². The number of ether oxygens (including phenoxy) is 1. The van der Waals surface area contributed by atoms with Crippen LogP contribution in [0, 0.1) is 0 Å². The maximum absolute atomic E-state index is 5.79. The molecular weight excluding hydrogens is 188 g/mol. The van der Waals surface area contributed by atoms with E-state index in [1.165, 1.54) is 38.5 Å². The normalized spacial score (nSPS) is 27.8. The molecule has 3 heteroatoms. The first kappa shape index (κ1) is 11.4. The van der Waals surface area contributed by atoms with Crippen LogP contribution in [-0.2, 0) is 4.74 Å². The van der Waals surface area contributed by atoms with Gasteiger partial charge in [0.2, 0.25) is 0 Å².